The molecule has 0 aromatic heterocycles. The Hall–Kier alpha value is -0.650. The van der Waals surface area contributed by atoms with E-state index in [0.29, 0.717) is 25.6 Å². The van der Waals surface area contributed by atoms with Crippen LogP contribution in [0.25, 0.3) is 0 Å². The van der Waals surface area contributed by atoms with Crippen LogP contribution in [0.4, 0.5) is 0 Å². The fraction of sp³-hybridized carbons (Fsp3) is 0.917. The maximum absolute atomic E-state index is 11.6. The van der Waals surface area contributed by atoms with E-state index in [-0.39, 0.29) is 12.5 Å². The van der Waals surface area contributed by atoms with Gasteiger partial charge in [-0.2, -0.15) is 0 Å². The summed E-state index contributed by atoms with van der Waals surface area (Å²) in [6.45, 7) is 3.80. The molecule has 1 aliphatic rings. The molecule has 0 saturated carbocycles. The van der Waals surface area contributed by atoms with Gasteiger partial charge in [0.25, 0.3) is 0 Å². The summed E-state index contributed by atoms with van der Waals surface area (Å²) in [7, 11) is 1.79. The van der Waals surface area contributed by atoms with E-state index in [1.165, 1.54) is 0 Å². The van der Waals surface area contributed by atoms with Gasteiger partial charge in [-0.25, -0.2) is 0 Å². The summed E-state index contributed by atoms with van der Waals surface area (Å²) in [5, 5.41) is 0. The highest BCUT2D eigenvalue weighted by Crippen LogP contribution is 2.14. The first kappa shape index (κ1) is 14.4. The largest absolute Gasteiger partial charge is 0.381 e. The Kier molecular flexibility index (Phi) is 7.16. The predicted molar refractivity (Wildman–Crippen MR) is 65.7 cm³/mol. The topological polar surface area (TPSA) is 64.8 Å². The van der Waals surface area contributed by atoms with Gasteiger partial charge in [0.2, 0.25) is 5.91 Å². The molecule has 1 aliphatic heterocycles. The fourth-order valence-electron chi connectivity index (χ4n) is 1.79. The Morgan fingerprint density at radius 2 is 2.18 bits per heavy atom. The molecular formula is C12H24N2O3. The van der Waals surface area contributed by atoms with Gasteiger partial charge >= 0.3 is 0 Å². The van der Waals surface area contributed by atoms with Crippen molar-refractivity contribution in [1.29, 1.82) is 0 Å². The van der Waals surface area contributed by atoms with Crippen molar-refractivity contribution in [2.75, 3.05) is 46.6 Å². The maximum atomic E-state index is 11.6. The zero-order valence-corrected chi connectivity index (χ0v) is 10.7. The van der Waals surface area contributed by atoms with Gasteiger partial charge in [0.15, 0.2) is 0 Å². The predicted octanol–water partition coefficient (Wildman–Crippen LogP) is 0.237. The van der Waals surface area contributed by atoms with Crippen LogP contribution in [0.2, 0.25) is 0 Å². The van der Waals surface area contributed by atoms with E-state index in [1.54, 1.807) is 11.9 Å². The van der Waals surface area contributed by atoms with Crippen LogP contribution in [-0.2, 0) is 14.3 Å². The molecule has 0 spiro atoms. The lowest BCUT2D eigenvalue weighted by molar-refractivity contribution is -0.135. The van der Waals surface area contributed by atoms with Gasteiger partial charge in [0.1, 0.15) is 6.61 Å². The molecule has 2 N–H and O–H groups in total. The van der Waals surface area contributed by atoms with E-state index in [9.17, 15) is 4.79 Å². The van der Waals surface area contributed by atoms with Gasteiger partial charge in [-0.05, 0) is 31.7 Å². The van der Waals surface area contributed by atoms with E-state index in [1.807, 2.05) is 0 Å². The normalized spacial score (nSPS) is 17.1. The average Bonchev–Trinajstić information content (AvgIpc) is 2.37. The van der Waals surface area contributed by atoms with Gasteiger partial charge in [-0.15, -0.1) is 0 Å². The lowest BCUT2D eigenvalue weighted by atomic mass is 10.0. The molecule has 1 heterocycles. The molecule has 1 fully saturated rings. The van der Waals surface area contributed by atoms with Gasteiger partial charge < -0.3 is 20.1 Å². The number of carbonyl (C=O) groups excluding carboxylic acids is 1. The Balaban J connectivity index is 2.06. The van der Waals surface area contributed by atoms with Gasteiger partial charge in [-0.3, -0.25) is 4.79 Å². The third kappa shape index (κ3) is 6.00. The van der Waals surface area contributed by atoms with Crippen molar-refractivity contribution in [2.24, 2.45) is 11.7 Å². The number of nitrogens with zero attached hydrogens (tertiary/aromatic N) is 1. The smallest absolute Gasteiger partial charge is 0.248 e. The zero-order valence-electron chi connectivity index (χ0n) is 10.7. The van der Waals surface area contributed by atoms with E-state index >= 15 is 0 Å². The molecular weight excluding hydrogens is 220 g/mol. The number of amides is 1. The highest BCUT2D eigenvalue weighted by atomic mass is 16.5. The molecule has 0 bridgehead atoms. The van der Waals surface area contributed by atoms with Gasteiger partial charge in [0, 0.05) is 26.8 Å². The number of nitrogens with two attached hydrogens (primary N) is 1. The fourth-order valence-corrected chi connectivity index (χ4v) is 1.79. The number of hydrogen-bond acceptors (Lipinski definition) is 4. The molecule has 1 amide bonds. The lowest BCUT2D eigenvalue weighted by Gasteiger charge is -2.22. The first-order valence-corrected chi connectivity index (χ1v) is 6.33. The van der Waals surface area contributed by atoms with Gasteiger partial charge in [-0.1, -0.05) is 0 Å². The number of hydrogen-bond donors (Lipinski definition) is 1. The first-order valence-electron chi connectivity index (χ1n) is 6.33. The summed E-state index contributed by atoms with van der Waals surface area (Å²) in [6.07, 6.45) is 2.91. The highest BCUT2D eigenvalue weighted by molar-refractivity contribution is 5.77. The minimum absolute atomic E-state index is 0.0329. The number of rotatable bonds is 7. The molecule has 5 nitrogen and oxygen atoms in total. The summed E-state index contributed by atoms with van der Waals surface area (Å²) in [6, 6.07) is 0. The Bertz CT molecular complexity index is 218. The van der Waals surface area contributed by atoms with Crippen molar-refractivity contribution < 1.29 is 14.3 Å². The molecule has 1 rings (SSSR count). The van der Waals surface area contributed by atoms with E-state index < -0.39 is 0 Å². The summed E-state index contributed by atoms with van der Waals surface area (Å²) in [4.78, 5) is 13.3. The van der Waals surface area contributed by atoms with Crippen LogP contribution in [-0.4, -0.2) is 57.4 Å². The van der Waals surface area contributed by atoms with E-state index in [2.05, 4.69) is 0 Å². The molecule has 100 valence electrons. The molecule has 0 aliphatic carbocycles. The van der Waals surface area contributed by atoms with Crippen LogP contribution in [0, 0.1) is 5.92 Å². The van der Waals surface area contributed by atoms with Crippen molar-refractivity contribution in [3.63, 3.8) is 0 Å². The second-order valence-corrected chi connectivity index (χ2v) is 4.53. The third-order valence-electron chi connectivity index (χ3n) is 3.04. The second kappa shape index (κ2) is 8.44. The summed E-state index contributed by atoms with van der Waals surface area (Å²) in [5.74, 6) is 0.580. The third-order valence-corrected chi connectivity index (χ3v) is 3.04. The first-order chi connectivity index (χ1) is 8.24. The van der Waals surface area contributed by atoms with Crippen molar-refractivity contribution >= 4 is 5.91 Å². The quantitative estimate of drug-likeness (QED) is 0.696. The van der Waals surface area contributed by atoms with Crippen LogP contribution in [0.1, 0.15) is 19.3 Å². The minimum Gasteiger partial charge on any atom is -0.381 e. The molecule has 0 aromatic rings. The Labute approximate surface area is 103 Å². The SMILES string of the molecule is CN(CCCN)C(=O)COCC1CCOCC1. The number of likely N-dealkylation sites (N-methyl/N-ethyl adjacent to an activating group) is 1. The highest BCUT2D eigenvalue weighted by Gasteiger charge is 2.15. The van der Waals surface area contributed by atoms with Crippen LogP contribution in [0.5, 0.6) is 0 Å². The standard InChI is InChI=1S/C12H24N2O3/c1-14(6-2-5-13)12(15)10-17-9-11-3-7-16-8-4-11/h11H,2-10,13H2,1H3. The zero-order chi connectivity index (χ0) is 12.5. The van der Waals surface area contributed by atoms with Crippen LogP contribution >= 0.6 is 0 Å². The lowest BCUT2D eigenvalue weighted by Crippen LogP contribution is -2.33. The van der Waals surface area contributed by atoms with Gasteiger partial charge in [0.05, 0.1) is 6.61 Å². The van der Waals surface area contributed by atoms with Crippen LogP contribution in [0.15, 0.2) is 0 Å². The molecule has 0 aromatic carbocycles. The minimum atomic E-state index is 0.0329. The monoisotopic (exact) mass is 244 g/mol. The Morgan fingerprint density at radius 1 is 1.47 bits per heavy atom. The molecule has 1 saturated heterocycles. The molecule has 0 unspecified atom stereocenters. The van der Waals surface area contributed by atoms with Crippen molar-refractivity contribution in [3.05, 3.63) is 0 Å². The summed E-state index contributed by atoms with van der Waals surface area (Å²) < 4.78 is 10.7. The van der Waals surface area contributed by atoms with E-state index in [0.717, 1.165) is 32.5 Å². The second-order valence-electron chi connectivity index (χ2n) is 4.53. The van der Waals surface area contributed by atoms with Crippen molar-refractivity contribution in [3.8, 4) is 0 Å². The summed E-state index contributed by atoms with van der Waals surface area (Å²) >= 11 is 0. The van der Waals surface area contributed by atoms with Crippen LogP contribution in [0.3, 0.4) is 0 Å². The summed E-state index contributed by atoms with van der Waals surface area (Å²) in [5.41, 5.74) is 5.39. The number of carbonyl (C=O) groups is 1. The van der Waals surface area contributed by atoms with Crippen molar-refractivity contribution in [1.82, 2.24) is 4.90 Å². The van der Waals surface area contributed by atoms with E-state index in [4.69, 9.17) is 15.2 Å². The molecule has 0 radical (unpaired) electrons. The maximum Gasteiger partial charge on any atom is 0.248 e. The average molecular weight is 244 g/mol. The molecule has 17 heavy (non-hydrogen) atoms. The Morgan fingerprint density at radius 3 is 2.82 bits per heavy atom. The number of ether oxygens (including phenoxy) is 2. The molecule has 5 heteroatoms. The molecule has 0 atom stereocenters. The van der Waals surface area contributed by atoms with Crippen molar-refractivity contribution in [2.45, 2.75) is 19.3 Å². The van der Waals surface area contributed by atoms with Crippen LogP contribution < -0.4 is 5.73 Å².